The second kappa shape index (κ2) is 25.2. The number of hydrogen-bond acceptors (Lipinski definition) is 6. The topological polar surface area (TPSA) is 96.2 Å². The Kier molecular flexibility index (Phi) is 22.4. The summed E-state index contributed by atoms with van der Waals surface area (Å²) in [5, 5.41) is 31.5. The zero-order valence-electron chi connectivity index (χ0n) is 28.7. The summed E-state index contributed by atoms with van der Waals surface area (Å²) in [6.45, 7) is 4.11. The van der Waals surface area contributed by atoms with E-state index in [0.717, 1.165) is 64.2 Å². The average Bonchev–Trinajstić information content (AvgIpc) is 3.62. The number of rotatable bonds is 29. The highest BCUT2D eigenvalue weighted by Gasteiger charge is 2.34. The lowest BCUT2D eigenvalue weighted by molar-refractivity contribution is -0.139. The van der Waals surface area contributed by atoms with Crippen LogP contribution in [0.25, 0.3) is 0 Å². The lowest BCUT2D eigenvalue weighted by atomic mass is 9.99. The van der Waals surface area contributed by atoms with Crippen LogP contribution in [0.1, 0.15) is 187 Å². The lowest BCUT2D eigenvalue weighted by Gasteiger charge is -2.22. The normalized spacial score (nSPS) is 22.2. The molecule has 6 heteroatoms. The summed E-state index contributed by atoms with van der Waals surface area (Å²) in [5.41, 5.74) is 0.618. The van der Waals surface area contributed by atoms with E-state index in [2.05, 4.69) is 6.92 Å². The number of unbranched alkanes of at least 4 members (excludes halogenated alkanes) is 19. The van der Waals surface area contributed by atoms with Crippen LogP contribution in [-0.2, 0) is 14.3 Å². The van der Waals surface area contributed by atoms with Crippen molar-refractivity contribution in [3.8, 4) is 0 Å². The number of aliphatic hydroxyl groups excluding tert-OH is 3. The van der Waals surface area contributed by atoms with Gasteiger partial charge in [-0.25, -0.2) is 4.79 Å². The largest absolute Gasteiger partial charge is 0.455 e. The molecule has 6 nitrogen and oxygen atoms in total. The molecule has 0 saturated carbocycles. The molecule has 1 saturated heterocycles. The summed E-state index contributed by atoms with van der Waals surface area (Å²) in [6, 6.07) is 0. The summed E-state index contributed by atoms with van der Waals surface area (Å²) in [7, 11) is 0. The molecule has 0 spiro atoms. The van der Waals surface area contributed by atoms with Gasteiger partial charge in [-0.1, -0.05) is 142 Å². The SMILES string of the molecule is CCCCCCCCCCCCCCC[C@@H](O)[C@H]1CC[C@H]([C@H](O)CCCCCCCCCC[C@H](O)CC2=C[C@@H](C)OC2=O)O1. The van der Waals surface area contributed by atoms with E-state index >= 15 is 0 Å². The van der Waals surface area contributed by atoms with E-state index in [1.165, 1.54) is 103 Å². The molecule has 0 bridgehead atoms. The number of ether oxygens (including phenoxy) is 2. The van der Waals surface area contributed by atoms with Crippen molar-refractivity contribution in [3.63, 3.8) is 0 Å². The van der Waals surface area contributed by atoms with Crippen molar-refractivity contribution in [1.29, 1.82) is 0 Å². The monoisotopic (exact) mass is 623 g/mol. The van der Waals surface area contributed by atoms with E-state index in [0.29, 0.717) is 12.0 Å². The highest BCUT2D eigenvalue weighted by atomic mass is 16.5. The first kappa shape index (κ1) is 39.2. The maximum atomic E-state index is 11.7. The Balaban J connectivity index is 1.35. The summed E-state index contributed by atoms with van der Waals surface area (Å²) in [5.74, 6) is -0.279. The number of carbonyl (C=O) groups is 1. The van der Waals surface area contributed by atoms with Crippen molar-refractivity contribution < 1.29 is 29.6 Å². The van der Waals surface area contributed by atoms with Gasteiger partial charge in [0.1, 0.15) is 6.10 Å². The van der Waals surface area contributed by atoms with Gasteiger partial charge in [0.05, 0.1) is 30.5 Å². The predicted octanol–water partition coefficient (Wildman–Crippen LogP) is 9.26. The molecule has 3 N–H and O–H groups in total. The van der Waals surface area contributed by atoms with Gasteiger partial charge in [0.2, 0.25) is 0 Å². The minimum Gasteiger partial charge on any atom is -0.455 e. The van der Waals surface area contributed by atoms with Crippen LogP contribution >= 0.6 is 0 Å². The lowest BCUT2D eigenvalue weighted by Crippen LogP contribution is -2.31. The van der Waals surface area contributed by atoms with Crippen LogP contribution in [0.15, 0.2) is 11.6 Å². The summed E-state index contributed by atoms with van der Waals surface area (Å²) < 4.78 is 11.2. The van der Waals surface area contributed by atoms with E-state index in [1.807, 2.05) is 13.0 Å². The third kappa shape index (κ3) is 18.3. The van der Waals surface area contributed by atoms with Gasteiger partial charge in [-0.3, -0.25) is 0 Å². The van der Waals surface area contributed by atoms with Gasteiger partial charge in [-0.2, -0.15) is 0 Å². The second-order valence-corrected chi connectivity index (χ2v) is 14.0. The Morgan fingerprint density at radius 3 is 1.41 bits per heavy atom. The molecule has 258 valence electrons. The molecule has 2 aliphatic rings. The molecule has 44 heavy (non-hydrogen) atoms. The molecule has 2 rings (SSSR count). The van der Waals surface area contributed by atoms with Crippen molar-refractivity contribution in [2.24, 2.45) is 0 Å². The maximum absolute atomic E-state index is 11.7. The molecular weight excluding hydrogens is 552 g/mol. The first-order chi connectivity index (χ1) is 21.4. The highest BCUT2D eigenvalue weighted by molar-refractivity contribution is 5.90. The van der Waals surface area contributed by atoms with Gasteiger partial charge in [0.15, 0.2) is 0 Å². The molecule has 0 amide bonds. The third-order valence-electron chi connectivity index (χ3n) is 9.78. The van der Waals surface area contributed by atoms with Crippen LogP contribution < -0.4 is 0 Å². The molecule has 2 aliphatic heterocycles. The number of aliphatic hydroxyl groups is 3. The Morgan fingerprint density at radius 1 is 0.636 bits per heavy atom. The van der Waals surface area contributed by atoms with E-state index in [9.17, 15) is 20.1 Å². The predicted molar refractivity (Wildman–Crippen MR) is 181 cm³/mol. The van der Waals surface area contributed by atoms with Crippen molar-refractivity contribution >= 4 is 5.97 Å². The number of hydrogen-bond donors (Lipinski definition) is 3. The Labute approximate surface area is 270 Å². The fourth-order valence-corrected chi connectivity index (χ4v) is 6.93. The summed E-state index contributed by atoms with van der Waals surface area (Å²) >= 11 is 0. The fraction of sp³-hybridized carbons (Fsp3) is 0.921. The van der Waals surface area contributed by atoms with E-state index in [-0.39, 0.29) is 24.3 Å². The van der Waals surface area contributed by atoms with Crippen molar-refractivity contribution in [2.45, 2.75) is 224 Å². The Hall–Kier alpha value is -0.950. The molecular formula is C38H70O6. The van der Waals surface area contributed by atoms with Gasteiger partial charge in [-0.15, -0.1) is 0 Å². The Bertz CT molecular complexity index is 739. The number of cyclic esters (lactones) is 1. The van der Waals surface area contributed by atoms with Gasteiger partial charge in [0.25, 0.3) is 0 Å². The zero-order chi connectivity index (χ0) is 31.8. The average molecular weight is 623 g/mol. The van der Waals surface area contributed by atoms with Crippen LogP contribution in [0.5, 0.6) is 0 Å². The smallest absolute Gasteiger partial charge is 0.334 e. The Morgan fingerprint density at radius 2 is 1.02 bits per heavy atom. The van der Waals surface area contributed by atoms with Crippen LogP contribution in [0.4, 0.5) is 0 Å². The quantitative estimate of drug-likeness (QED) is 0.0568. The van der Waals surface area contributed by atoms with E-state index in [1.54, 1.807) is 0 Å². The minimum absolute atomic E-state index is 0.104. The molecule has 2 heterocycles. The molecule has 0 unspecified atom stereocenters. The molecule has 0 aromatic carbocycles. The van der Waals surface area contributed by atoms with E-state index < -0.39 is 18.3 Å². The van der Waals surface area contributed by atoms with Crippen molar-refractivity contribution in [3.05, 3.63) is 11.6 Å². The molecule has 1 fully saturated rings. The van der Waals surface area contributed by atoms with Crippen molar-refractivity contribution in [2.75, 3.05) is 0 Å². The molecule has 0 aromatic heterocycles. The van der Waals surface area contributed by atoms with Gasteiger partial charge in [0, 0.05) is 12.0 Å². The molecule has 0 aromatic rings. The second-order valence-electron chi connectivity index (χ2n) is 14.0. The van der Waals surface area contributed by atoms with E-state index in [4.69, 9.17) is 9.47 Å². The van der Waals surface area contributed by atoms with Crippen molar-refractivity contribution in [1.82, 2.24) is 0 Å². The first-order valence-electron chi connectivity index (χ1n) is 19.0. The zero-order valence-corrected chi connectivity index (χ0v) is 28.7. The maximum Gasteiger partial charge on any atom is 0.334 e. The fourth-order valence-electron chi connectivity index (χ4n) is 6.93. The molecule has 0 radical (unpaired) electrons. The highest BCUT2D eigenvalue weighted by Crippen LogP contribution is 2.28. The van der Waals surface area contributed by atoms with Gasteiger partial charge in [-0.05, 0) is 45.1 Å². The van der Waals surface area contributed by atoms with Crippen LogP contribution in [-0.4, -0.2) is 57.9 Å². The first-order valence-corrected chi connectivity index (χ1v) is 19.0. The van der Waals surface area contributed by atoms with Crippen LogP contribution in [0.2, 0.25) is 0 Å². The molecule has 6 atom stereocenters. The summed E-state index contributed by atoms with van der Waals surface area (Å²) in [6.07, 6.45) is 31.0. The standard InChI is InChI=1S/C38H70O6/c1-3-4-5-6-7-8-9-10-11-12-16-19-22-25-34(40)36-27-28-37(44-36)35(41)26-23-20-17-14-13-15-18-21-24-33(39)30-32-29-31(2)43-38(32)42/h29,31,33-37,39-41H,3-28,30H2,1-2H3/t31-,33+,34-,35-,36-,37-/m1/s1. The van der Waals surface area contributed by atoms with Gasteiger partial charge >= 0.3 is 5.97 Å². The van der Waals surface area contributed by atoms with Gasteiger partial charge < -0.3 is 24.8 Å². The third-order valence-corrected chi connectivity index (χ3v) is 9.78. The summed E-state index contributed by atoms with van der Waals surface area (Å²) in [4.78, 5) is 11.7. The van der Waals surface area contributed by atoms with Crippen LogP contribution in [0.3, 0.4) is 0 Å². The van der Waals surface area contributed by atoms with Crippen LogP contribution in [0, 0.1) is 0 Å². The minimum atomic E-state index is -0.461. The molecule has 0 aliphatic carbocycles. The number of carbonyl (C=O) groups excluding carboxylic acids is 1. The number of esters is 1.